The fourth-order valence-corrected chi connectivity index (χ4v) is 0.415. The van der Waals surface area contributed by atoms with Gasteiger partial charge in [0, 0.05) is 12.4 Å². The number of rotatable bonds is 1. The highest BCUT2D eigenvalue weighted by molar-refractivity contribution is 4.99. The Labute approximate surface area is 59.8 Å². The fourth-order valence-electron chi connectivity index (χ4n) is 0.415. The molecule has 3 nitrogen and oxygen atoms in total. The van der Waals surface area contributed by atoms with E-state index in [0.29, 0.717) is 0 Å². The van der Waals surface area contributed by atoms with Crippen molar-refractivity contribution in [3.05, 3.63) is 18.6 Å². The second-order valence-electron chi connectivity index (χ2n) is 1.52. The zero-order chi connectivity index (χ0) is 8.32. The van der Waals surface area contributed by atoms with Crippen molar-refractivity contribution in [3.63, 3.8) is 0 Å². The maximum Gasteiger partial charge on any atom is 0.574 e. The summed E-state index contributed by atoms with van der Waals surface area (Å²) < 4.78 is 37.7. The fraction of sp³-hybridized carbons (Fsp3) is 0.200. The summed E-state index contributed by atoms with van der Waals surface area (Å²) in [5.41, 5.74) is 0. The number of ether oxygens (including phenoxy) is 1. The highest BCUT2D eigenvalue weighted by atomic mass is 19.4. The van der Waals surface area contributed by atoms with Crippen LogP contribution in [0.4, 0.5) is 13.2 Å². The highest BCUT2D eigenvalue weighted by Crippen LogP contribution is 2.18. The first-order valence-electron chi connectivity index (χ1n) is 2.52. The molecule has 0 aromatic carbocycles. The van der Waals surface area contributed by atoms with Crippen LogP contribution in [0.15, 0.2) is 12.4 Å². The van der Waals surface area contributed by atoms with Gasteiger partial charge in [0.2, 0.25) is 0 Å². The van der Waals surface area contributed by atoms with Crippen molar-refractivity contribution in [2.24, 2.45) is 0 Å². The Balaban J connectivity index is 2.66. The Morgan fingerprint density at radius 3 is 2.55 bits per heavy atom. The van der Waals surface area contributed by atoms with Gasteiger partial charge in [0.15, 0.2) is 6.20 Å². The van der Waals surface area contributed by atoms with Gasteiger partial charge in [0.05, 0.1) is 0 Å². The summed E-state index contributed by atoms with van der Waals surface area (Å²) in [5, 5.41) is 0. The molecule has 11 heavy (non-hydrogen) atoms. The molecular formula is C5H2F3N2O. The van der Waals surface area contributed by atoms with Crippen LogP contribution < -0.4 is 4.74 Å². The number of halogens is 3. The predicted molar refractivity (Wildman–Crippen MR) is 27.6 cm³/mol. The summed E-state index contributed by atoms with van der Waals surface area (Å²) in [7, 11) is 0. The number of hydrogen-bond acceptors (Lipinski definition) is 3. The molecule has 0 spiro atoms. The van der Waals surface area contributed by atoms with Crippen LogP contribution in [0.3, 0.4) is 0 Å². The molecule has 0 fully saturated rings. The lowest BCUT2D eigenvalue weighted by atomic mass is 10.7. The van der Waals surface area contributed by atoms with E-state index in [2.05, 4.69) is 14.7 Å². The van der Waals surface area contributed by atoms with E-state index in [4.69, 9.17) is 0 Å². The monoisotopic (exact) mass is 163 g/mol. The normalized spacial score (nSPS) is 11.2. The average molecular weight is 163 g/mol. The van der Waals surface area contributed by atoms with E-state index >= 15 is 0 Å². The number of aromatic nitrogens is 2. The number of alkyl halides is 3. The highest BCUT2D eigenvalue weighted by Gasteiger charge is 2.31. The molecule has 1 aromatic rings. The minimum atomic E-state index is -4.73. The molecule has 1 heterocycles. The molecule has 59 valence electrons. The van der Waals surface area contributed by atoms with Crippen LogP contribution in [-0.4, -0.2) is 16.3 Å². The number of nitrogens with zero attached hydrogens (tertiary/aromatic N) is 2. The molecule has 0 aliphatic carbocycles. The van der Waals surface area contributed by atoms with Crippen LogP contribution in [0.25, 0.3) is 0 Å². The molecule has 1 rings (SSSR count). The predicted octanol–water partition coefficient (Wildman–Crippen LogP) is 1.18. The molecule has 0 N–H and O–H groups in total. The van der Waals surface area contributed by atoms with E-state index in [1.165, 1.54) is 6.20 Å². The quantitative estimate of drug-likeness (QED) is 0.623. The summed E-state index contributed by atoms with van der Waals surface area (Å²) in [4.78, 5) is 6.46. The summed E-state index contributed by atoms with van der Waals surface area (Å²) in [6, 6.07) is 0. The molecule has 0 saturated carbocycles. The summed E-state index contributed by atoms with van der Waals surface area (Å²) in [6.07, 6.45) is -0.529. The zero-order valence-electron chi connectivity index (χ0n) is 5.09. The van der Waals surface area contributed by atoms with E-state index < -0.39 is 12.2 Å². The first-order valence-corrected chi connectivity index (χ1v) is 2.52. The SMILES string of the molecule is FC(F)(F)Oc1[c]nccn1. The van der Waals surface area contributed by atoms with Crippen molar-refractivity contribution in [2.75, 3.05) is 0 Å². The number of hydrogen-bond donors (Lipinski definition) is 0. The van der Waals surface area contributed by atoms with Gasteiger partial charge in [-0.3, -0.25) is 0 Å². The standard InChI is InChI=1S/C5H2F3N2O/c6-5(7,8)11-4-3-9-1-2-10-4/h1-2H. The van der Waals surface area contributed by atoms with Gasteiger partial charge in [-0.15, -0.1) is 13.2 Å². The minimum absolute atomic E-state index is 0.681. The topological polar surface area (TPSA) is 35.0 Å². The molecular weight excluding hydrogens is 161 g/mol. The van der Waals surface area contributed by atoms with Gasteiger partial charge < -0.3 is 4.74 Å². The van der Waals surface area contributed by atoms with E-state index in [9.17, 15) is 13.2 Å². The lowest BCUT2D eigenvalue weighted by Crippen LogP contribution is -2.17. The largest absolute Gasteiger partial charge is 0.574 e. The second-order valence-corrected chi connectivity index (χ2v) is 1.52. The Morgan fingerprint density at radius 1 is 1.36 bits per heavy atom. The molecule has 0 amide bonds. The van der Waals surface area contributed by atoms with E-state index in [-0.39, 0.29) is 0 Å². The van der Waals surface area contributed by atoms with E-state index in [0.717, 1.165) is 6.20 Å². The van der Waals surface area contributed by atoms with Crippen molar-refractivity contribution in [2.45, 2.75) is 6.36 Å². The van der Waals surface area contributed by atoms with E-state index in [1.807, 2.05) is 6.20 Å². The van der Waals surface area contributed by atoms with Crippen molar-refractivity contribution in [1.82, 2.24) is 9.97 Å². The molecule has 0 aliphatic heterocycles. The van der Waals surface area contributed by atoms with Crippen LogP contribution >= 0.6 is 0 Å². The molecule has 0 atom stereocenters. The summed E-state index contributed by atoms with van der Waals surface area (Å²) in [6.45, 7) is 0. The third-order valence-corrected chi connectivity index (χ3v) is 0.706. The smallest absolute Gasteiger partial charge is 0.385 e. The van der Waals surface area contributed by atoms with Crippen LogP contribution in [-0.2, 0) is 0 Å². The van der Waals surface area contributed by atoms with Gasteiger partial charge in [-0.2, -0.15) is 0 Å². The van der Waals surface area contributed by atoms with Crippen molar-refractivity contribution < 1.29 is 17.9 Å². The van der Waals surface area contributed by atoms with Crippen molar-refractivity contribution >= 4 is 0 Å². The van der Waals surface area contributed by atoms with E-state index in [1.54, 1.807) is 0 Å². The zero-order valence-corrected chi connectivity index (χ0v) is 5.09. The van der Waals surface area contributed by atoms with Crippen LogP contribution in [0.5, 0.6) is 5.88 Å². The molecule has 1 aromatic heterocycles. The maximum atomic E-state index is 11.4. The van der Waals surface area contributed by atoms with Gasteiger partial charge >= 0.3 is 6.36 Å². The molecule has 0 saturated heterocycles. The Morgan fingerprint density at radius 2 is 2.09 bits per heavy atom. The average Bonchev–Trinajstić information content (AvgIpc) is 1.85. The van der Waals surface area contributed by atoms with Gasteiger partial charge in [-0.05, 0) is 0 Å². The van der Waals surface area contributed by atoms with Crippen LogP contribution in [0, 0.1) is 6.20 Å². The van der Waals surface area contributed by atoms with Gasteiger partial charge in [-0.25, -0.2) is 9.97 Å². The Bertz CT molecular complexity index is 223. The Hall–Kier alpha value is -1.33. The first-order chi connectivity index (χ1) is 5.08. The molecule has 1 radical (unpaired) electrons. The lowest BCUT2D eigenvalue weighted by molar-refractivity contribution is -0.276. The molecule has 6 heteroatoms. The van der Waals surface area contributed by atoms with Crippen molar-refractivity contribution in [3.8, 4) is 5.88 Å². The second kappa shape index (κ2) is 2.73. The maximum absolute atomic E-state index is 11.4. The van der Waals surface area contributed by atoms with Crippen LogP contribution in [0.2, 0.25) is 0 Å². The minimum Gasteiger partial charge on any atom is -0.385 e. The van der Waals surface area contributed by atoms with Gasteiger partial charge in [-0.1, -0.05) is 0 Å². The third-order valence-electron chi connectivity index (χ3n) is 0.706. The molecule has 0 aliphatic rings. The third kappa shape index (κ3) is 2.83. The molecule has 0 bridgehead atoms. The van der Waals surface area contributed by atoms with Gasteiger partial charge in [0.1, 0.15) is 0 Å². The Kier molecular flexibility index (Phi) is 1.93. The summed E-state index contributed by atoms with van der Waals surface area (Å²) >= 11 is 0. The van der Waals surface area contributed by atoms with Gasteiger partial charge in [0.25, 0.3) is 5.88 Å². The summed E-state index contributed by atoms with van der Waals surface area (Å²) in [5.74, 6) is -0.681. The first kappa shape index (κ1) is 7.77. The molecule has 0 unspecified atom stereocenters. The van der Waals surface area contributed by atoms with Crippen LogP contribution in [0.1, 0.15) is 0 Å². The lowest BCUT2D eigenvalue weighted by Gasteiger charge is -2.05. The van der Waals surface area contributed by atoms with Crippen molar-refractivity contribution in [1.29, 1.82) is 0 Å².